The molecule has 3 rings (SSSR count). The summed E-state index contributed by atoms with van der Waals surface area (Å²) in [4.78, 5) is 31.4. The molecule has 0 spiro atoms. The number of hydrogen-bond donors (Lipinski definition) is 1. The fraction of sp³-hybridized carbons (Fsp3) is 0.421. The lowest BCUT2D eigenvalue weighted by molar-refractivity contribution is -0.152. The highest BCUT2D eigenvalue weighted by Crippen LogP contribution is 2.35. The van der Waals surface area contributed by atoms with E-state index >= 15 is 0 Å². The average molecular weight is 395 g/mol. The molecule has 1 saturated heterocycles. The molecular weight excluding hydrogens is 375 g/mol. The molecule has 0 aromatic carbocycles. The Hall–Kier alpha value is -2.84. The van der Waals surface area contributed by atoms with E-state index in [1.165, 1.54) is 30.3 Å². The number of pyridine rings is 2. The van der Waals surface area contributed by atoms with Gasteiger partial charge in [-0.2, -0.15) is 13.2 Å². The number of nitrogens with zero attached hydrogens (tertiary/aromatic N) is 2. The molecule has 1 unspecified atom stereocenters. The Morgan fingerprint density at radius 3 is 2.79 bits per heavy atom. The first-order valence-corrected chi connectivity index (χ1v) is 8.88. The van der Waals surface area contributed by atoms with Gasteiger partial charge in [0.1, 0.15) is 11.9 Å². The van der Waals surface area contributed by atoms with Crippen molar-refractivity contribution in [1.82, 2.24) is 9.97 Å². The second-order valence-corrected chi connectivity index (χ2v) is 6.65. The molecule has 0 amide bonds. The maximum absolute atomic E-state index is 13.4. The number of nitrogens with one attached hydrogen (secondary N) is 1. The number of piperidine rings is 1. The van der Waals surface area contributed by atoms with E-state index in [1.54, 1.807) is 12.1 Å². The van der Waals surface area contributed by atoms with Crippen molar-refractivity contribution >= 4 is 11.8 Å². The molecule has 1 atom stereocenters. The lowest BCUT2D eigenvalue weighted by Crippen LogP contribution is -2.49. The van der Waals surface area contributed by atoms with Crippen LogP contribution in [0.5, 0.6) is 0 Å². The van der Waals surface area contributed by atoms with Gasteiger partial charge in [-0.25, -0.2) is 0 Å². The summed E-state index contributed by atoms with van der Waals surface area (Å²) in [6, 6.07) is 4.47. The van der Waals surface area contributed by atoms with Crippen LogP contribution in [-0.4, -0.2) is 41.8 Å². The zero-order valence-electron chi connectivity index (χ0n) is 15.3. The smallest absolute Gasteiger partial charge is 0.408 e. The van der Waals surface area contributed by atoms with E-state index in [4.69, 9.17) is 0 Å². The highest BCUT2D eigenvalue weighted by atomic mass is 19.4. The molecule has 1 N–H and O–H groups in total. The lowest BCUT2D eigenvalue weighted by atomic mass is 10.0. The van der Waals surface area contributed by atoms with Crippen LogP contribution in [0, 0.1) is 0 Å². The van der Waals surface area contributed by atoms with Gasteiger partial charge in [0.2, 0.25) is 5.56 Å². The summed E-state index contributed by atoms with van der Waals surface area (Å²) in [7, 11) is 1.27. The molecule has 2 aromatic rings. The summed E-state index contributed by atoms with van der Waals surface area (Å²) in [5.41, 5.74) is 0.989. The van der Waals surface area contributed by atoms with Gasteiger partial charge in [-0.05, 0) is 48.6 Å². The van der Waals surface area contributed by atoms with Gasteiger partial charge in [-0.3, -0.25) is 14.6 Å². The normalized spacial score (nSPS) is 17.4. The summed E-state index contributed by atoms with van der Waals surface area (Å²) in [6.07, 6.45) is -1.83. The molecule has 9 heteroatoms. The van der Waals surface area contributed by atoms with Crippen molar-refractivity contribution in [3.63, 3.8) is 0 Å². The van der Waals surface area contributed by atoms with Crippen LogP contribution in [0.2, 0.25) is 0 Å². The summed E-state index contributed by atoms with van der Waals surface area (Å²) < 4.78 is 44.9. The second-order valence-electron chi connectivity index (χ2n) is 6.65. The standard InChI is InChI=1S/C19H20F3N3O3/c1-28-18(27)11-14-8-12(5-6-23-14)13-9-16(24-17(26)10-13)25-7-3-2-4-15(25)19(20,21)22/h5-6,8-10,15H,2-4,7,11H2,1H3,(H,24,26). The van der Waals surface area contributed by atoms with Gasteiger partial charge >= 0.3 is 12.1 Å². The fourth-order valence-corrected chi connectivity index (χ4v) is 3.38. The Morgan fingerprint density at radius 2 is 2.07 bits per heavy atom. The highest BCUT2D eigenvalue weighted by molar-refractivity contribution is 5.73. The number of carbonyl (C=O) groups excluding carboxylic acids is 1. The summed E-state index contributed by atoms with van der Waals surface area (Å²) >= 11 is 0. The monoisotopic (exact) mass is 395 g/mol. The molecule has 1 aliphatic heterocycles. The number of H-pyrrole nitrogens is 1. The van der Waals surface area contributed by atoms with Crippen molar-refractivity contribution in [3.8, 4) is 11.1 Å². The van der Waals surface area contributed by atoms with Gasteiger partial charge in [0, 0.05) is 18.8 Å². The van der Waals surface area contributed by atoms with E-state index in [0.717, 1.165) is 0 Å². The largest absolute Gasteiger partial charge is 0.469 e. The van der Waals surface area contributed by atoms with E-state index in [0.29, 0.717) is 29.7 Å². The Morgan fingerprint density at radius 1 is 1.29 bits per heavy atom. The van der Waals surface area contributed by atoms with E-state index in [-0.39, 0.29) is 25.2 Å². The number of methoxy groups -OCH3 is 1. The number of ether oxygens (including phenoxy) is 1. The zero-order chi connectivity index (χ0) is 20.3. The number of esters is 1. The first-order valence-electron chi connectivity index (χ1n) is 8.88. The van der Waals surface area contributed by atoms with Crippen LogP contribution in [0.15, 0.2) is 35.3 Å². The van der Waals surface area contributed by atoms with Crippen LogP contribution >= 0.6 is 0 Å². The molecule has 28 heavy (non-hydrogen) atoms. The number of rotatable bonds is 4. The topological polar surface area (TPSA) is 75.3 Å². The molecule has 0 aliphatic carbocycles. The molecule has 2 aromatic heterocycles. The Bertz CT molecular complexity index is 911. The third kappa shape index (κ3) is 4.52. The number of anilines is 1. The summed E-state index contributed by atoms with van der Waals surface area (Å²) in [5, 5.41) is 0. The van der Waals surface area contributed by atoms with E-state index < -0.39 is 23.7 Å². The van der Waals surface area contributed by atoms with E-state index in [9.17, 15) is 22.8 Å². The number of halogens is 3. The second kappa shape index (κ2) is 8.04. The van der Waals surface area contributed by atoms with E-state index in [2.05, 4.69) is 14.7 Å². The Labute approximate surface area is 159 Å². The first kappa shape index (κ1) is 19.9. The third-order valence-corrected chi connectivity index (χ3v) is 4.72. The summed E-state index contributed by atoms with van der Waals surface area (Å²) in [5.74, 6) is -0.326. The SMILES string of the molecule is COC(=O)Cc1cc(-c2cc(N3CCCCC3C(F)(F)F)[nH]c(=O)c2)ccn1. The number of alkyl halides is 3. The van der Waals surface area contributed by atoms with Gasteiger partial charge in [0.15, 0.2) is 0 Å². The molecule has 150 valence electrons. The predicted molar refractivity (Wildman–Crippen MR) is 97.1 cm³/mol. The molecule has 3 heterocycles. The molecule has 0 saturated carbocycles. The fourth-order valence-electron chi connectivity index (χ4n) is 3.38. The number of hydrogen-bond acceptors (Lipinski definition) is 5. The van der Waals surface area contributed by atoms with Crippen LogP contribution in [0.1, 0.15) is 25.0 Å². The maximum atomic E-state index is 13.4. The van der Waals surface area contributed by atoms with Crippen LogP contribution < -0.4 is 10.5 Å². The minimum Gasteiger partial charge on any atom is -0.469 e. The molecule has 0 bridgehead atoms. The predicted octanol–water partition coefficient (Wildman–Crippen LogP) is 3.07. The quantitative estimate of drug-likeness (QED) is 0.806. The number of carbonyl (C=O) groups is 1. The molecule has 1 aliphatic rings. The van der Waals surface area contributed by atoms with Gasteiger partial charge in [-0.1, -0.05) is 0 Å². The number of aromatic amines is 1. The lowest BCUT2D eigenvalue weighted by Gasteiger charge is -2.38. The Balaban J connectivity index is 1.97. The minimum atomic E-state index is -4.38. The van der Waals surface area contributed by atoms with Crippen LogP contribution in [0.25, 0.3) is 11.1 Å². The molecule has 0 radical (unpaired) electrons. The van der Waals surface area contributed by atoms with Gasteiger partial charge in [-0.15, -0.1) is 0 Å². The van der Waals surface area contributed by atoms with Crippen LogP contribution in [0.4, 0.5) is 19.0 Å². The minimum absolute atomic E-state index is 0.00566. The zero-order valence-corrected chi connectivity index (χ0v) is 15.3. The van der Waals surface area contributed by atoms with Crippen molar-refractivity contribution < 1.29 is 22.7 Å². The number of aromatic nitrogens is 2. The van der Waals surface area contributed by atoms with Crippen LogP contribution in [-0.2, 0) is 16.0 Å². The Kier molecular flexibility index (Phi) is 5.71. The first-order chi connectivity index (χ1) is 13.3. The molecular formula is C19H20F3N3O3. The van der Waals surface area contributed by atoms with Gasteiger partial charge in [0.05, 0.1) is 19.2 Å². The van der Waals surface area contributed by atoms with Crippen molar-refractivity contribution in [2.24, 2.45) is 0 Å². The van der Waals surface area contributed by atoms with Gasteiger partial charge < -0.3 is 14.6 Å². The van der Waals surface area contributed by atoms with Gasteiger partial charge in [0.25, 0.3) is 0 Å². The van der Waals surface area contributed by atoms with Crippen molar-refractivity contribution in [2.75, 3.05) is 18.6 Å². The van der Waals surface area contributed by atoms with Crippen molar-refractivity contribution in [3.05, 3.63) is 46.5 Å². The highest BCUT2D eigenvalue weighted by Gasteiger charge is 2.44. The summed E-state index contributed by atoms with van der Waals surface area (Å²) in [6.45, 7) is 0.216. The van der Waals surface area contributed by atoms with Crippen molar-refractivity contribution in [1.29, 1.82) is 0 Å². The molecule has 6 nitrogen and oxygen atoms in total. The maximum Gasteiger partial charge on any atom is 0.408 e. The third-order valence-electron chi connectivity index (χ3n) is 4.72. The van der Waals surface area contributed by atoms with Crippen LogP contribution in [0.3, 0.4) is 0 Å². The van der Waals surface area contributed by atoms with Crippen molar-refractivity contribution in [2.45, 2.75) is 37.9 Å². The molecule has 1 fully saturated rings. The van der Waals surface area contributed by atoms with E-state index in [1.807, 2.05) is 0 Å². The average Bonchev–Trinajstić information content (AvgIpc) is 2.67.